The molecule has 0 saturated heterocycles. The highest BCUT2D eigenvalue weighted by Gasteiger charge is 2.15. The topological polar surface area (TPSA) is 70.3 Å². The van der Waals surface area contributed by atoms with Crippen molar-refractivity contribution in [3.05, 3.63) is 39.7 Å². The third-order valence-corrected chi connectivity index (χ3v) is 4.06. The second kappa shape index (κ2) is 5.31. The number of hydrogen-bond acceptors (Lipinski definition) is 4. The molecule has 1 aromatic heterocycles. The summed E-state index contributed by atoms with van der Waals surface area (Å²) in [5.41, 5.74) is 1.07. The summed E-state index contributed by atoms with van der Waals surface area (Å²) in [6.07, 6.45) is 0. The van der Waals surface area contributed by atoms with Crippen molar-refractivity contribution in [2.24, 2.45) is 0 Å². The zero-order valence-electron chi connectivity index (χ0n) is 9.81. The number of carbonyl (C=O) groups is 1. The number of aromatic carboxylic acids is 1. The number of thiophene rings is 1. The molecule has 2 rings (SSSR count). The van der Waals surface area contributed by atoms with E-state index >= 15 is 0 Å². The Kier molecular flexibility index (Phi) is 3.74. The molecule has 96 valence electrons. The molecule has 0 spiro atoms. The van der Waals surface area contributed by atoms with E-state index in [0.29, 0.717) is 26.8 Å². The van der Waals surface area contributed by atoms with E-state index < -0.39 is 5.97 Å². The van der Waals surface area contributed by atoms with Crippen molar-refractivity contribution in [1.29, 1.82) is 5.26 Å². The Morgan fingerprint density at radius 2 is 2.21 bits per heavy atom. The fraction of sp³-hybridized carbons (Fsp3) is 0.0769. The van der Waals surface area contributed by atoms with Gasteiger partial charge in [0.2, 0.25) is 0 Å². The summed E-state index contributed by atoms with van der Waals surface area (Å²) in [7, 11) is 1.48. The summed E-state index contributed by atoms with van der Waals surface area (Å²) in [5, 5.41) is 18.3. The zero-order valence-corrected chi connectivity index (χ0v) is 11.4. The summed E-state index contributed by atoms with van der Waals surface area (Å²) in [5.74, 6) is -0.551. The maximum atomic E-state index is 10.9. The highest BCUT2D eigenvalue weighted by atomic mass is 35.5. The third kappa shape index (κ3) is 2.55. The molecule has 0 saturated carbocycles. The van der Waals surface area contributed by atoms with E-state index in [0.717, 1.165) is 11.3 Å². The Morgan fingerprint density at radius 3 is 2.74 bits per heavy atom. The van der Waals surface area contributed by atoms with Crippen LogP contribution in [0.2, 0.25) is 5.02 Å². The molecule has 0 fully saturated rings. The summed E-state index contributed by atoms with van der Waals surface area (Å²) >= 11 is 7.10. The van der Waals surface area contributed by atoms with Gasteiger partial charge in [0.1, 0.15) is 16.7 Å². The van der Waals surface area contributed by atoms with E-state index in [1.807, 2.05) is 6.07 Å². The number of methoxy groups -OCH3 is 1. The standard InChI is InChI=1S/C13H8ClNO3S/c1-18-10-3-2-7(4-8(10)6-15)12-9(14)5-11(19-12)13(16)17/h2-5H,1H3,(H,16,17). The minimum absolute atomic E-state index is 0.161. The number of rotatable bonds is 3. The molecule has 0 bridgehead atoms. The van der Waals surface area contributed by atoms with E-state index in [9.17, 15) is 4.79 Å². The van der Waals surface area contributed by atoms with Crippen LogP contribution in [0.3, 0.4) is 0 Å². The summed E-state index contributed by atoms with van der Waals surface area (Å²) in [6.45, 7) is 0. The van der Waals surface area contributed by atoms with Gasteiger partial charge in [-0.1, -0.05) is 11.6 Å². The Bertz CT molecular complexity index is 688. The van der Waals surface area contributed by atoms with Crippen molar-refractivity contribution in [3.8, 4) is 22.3 Å². The largest absolute Gasteiger partial charge is 0.495 e. The lowest BCUT2D eigenvalue weighted by molar-refractivity contribution is 0.0702. The summed E-state index contributed by atoms with van der Waals surface area (Å²) in [6, 6.07) is 8.45. The Labute approximate surface area is 118 Å². The van der Waals surface area contributed by atoms with Crippen molar-refractivity contribution in [3.63, 3.8) is 0 Å². The Morgan fingerprint density at radius 1 is 1.47 bits per heavy atom. The SMILES string of the molecule is COc1ccc(-c2sc(C(=O)O)cc2Cl)cc1C#N. The van der Waals surface area contributed by atoms with Crippen molar-refractivity contribution in [2.45, 2.75) is 0 Å². The molecule has 1 aromatic carbocycles. The number of carboxylic acid groups (broad SMARTS) is 1. The van der Waals surface area contributed by atoms with Crippen LogP contribution in [0.5, 0.6) is 5.75 Å². The van der Waals surface area contributed by atoms with Gasteiger partial charge in [-0.3, -0.25) is 0 Å². The van der Waals surface area contributed by atoms with Gasteiger partial charge in [0.25, 0.3) is 0 Å². The van der Waals surface area contributed by atoms with Crippen molar-refractivity contribution < 1.29 is 14.6 Å². The molecule has 0 aliphatic rings. The average molecular weight is 294 g/mol. The zero-order chi connectivity index (χ0) is 14.0. The van der Waals surface area contributed by atoms with Gasteiger partial charge in [-0.05, 0) is 29.8 Å². The average Bonchev–Trinajstić information content (AvgIpc) is 2.80. The fourth-order valence-corrected chi connectivity index (χ4v) is 2.89. The first-order valence-electron chi connectivity index (χ1n) is 5.18. The van der Waals surface area contributed by atoms with Gasteiger partial charge in [0, 0.05) is 0 Å². The number of benzene rings is 1. The number of nitrogens with zero attached hydrogens (tertiary/aromatic N) is 1. The lowest BCUT2D eigenvalue weighted by Crippen LogP contribution is -1.89. The highest BCUT2D eigenvalue weighted by molar-refractivity contribution is 7.18. The number of hydrogen-bond donors (Lipinski definition) is 1. The quantitative estimate of drug-likeness (QED) is 0.938. The third-order valence-electron chi connectivity index (χ3n) is 2.48. The molecule has 0 aliphatic carbocycles. The van der Waals surface area contributed by atoms with Crippen LogP contribution in [0.4, 0.5) is 0 Å². The molecule has 6 heteroatoms. The first-order chi connectivity index (χ1) is 9.06. The van der Waals surface area contributed by atoms with Gasteiger partial charge in [-0.15, -0.1) is 11.3 Å². The van der Waals surface area contributed by atoms with Crippen LogP contribution in [0.25, 0.3) is 10.4 Å². The number of halogens is 1. The van der Waals surface area contributed by atoms with E-state index in [-0.39, 0.29) is 4.88 Å². The first kappa shape index (κ1) is 13.4. The van der Waals surface area contributed by atoms with Crippen LogP contribution < -0.4 is 4.74 Å². The van der Waals surface area contributed by atoms with Crippen LogP contribution in [-0.4, -0.2) is 18.2 Å². The predicted octanol–water partition coefficient (Wildman–Crippen LogP) is 3.65. The van der Waals surface area contributed by atoms with Gasteiger partial charge in [0.05, 0.1) is 22.6 Å². The van der Waals surface area contributed by atoms with Gasteiger partial charge in [-0.2, -0.15) is 5.26 Å². The number of nitriles is 1. The Balaban J connectivity index is 2.54. The minimum Gasteiger partial charge on any atom is -0.495 e. The molecule has 2 aromatic rings. The molecule has 0 atom stereocenters. The minimum atomic E-state index is -1.02. The van der Waals surface area contributed by atoms with Crippen LogP contribution in [0.15, 0.2) is 24.3 Å². The van der Waals surface area contributed by atoms with Crippen molar-refractivity contribution >= 4 is 28.9 Å². The van der Waals surface area contributed by atoms with Crippen LogP contribution in [0, 0.1) is 11.3 Å². The van der Waals surface area contributed by atoms with Crippen molar-refractivity contribution in [1.82, 2.24) is 0 Å². The summed E-state index contributed by atoms with van der Waals surface area (Å²) < 4.78 is 5.05. The molecule has 1 N–H and O–H groups in total. The van der Waals surface area contributed by atoms with Crippen LogP contribution in [-0.2, 0) is 0 Å². The van der Waals surface area contributed by atoms with E-state index in [1.165, 1.54) is 13.2 Å². The lowest BCUT2D eigenvalue weighted by atomic mass is 10.1. The molecule has 0 radical (unpaired) electrons. The molecule has 19 heavy (non-hydrogen) atoms. The predicted molar refractivity (Wildman–Crippen MR) is 73.0 cm³/mol. The van der Waals surface area contributed by atoms with Gasteiger partial charge in [-0.25, -0.2) is 4.79 Å². The number of ether oxygens (including phenoxy) is 1. The summed E-state index contributed by atoms with van der Waals surface area (Å²) in [4.78, 5) is 11.7. The second-order valence-corrected chi connectivity index (χ2v) is 5.08. The molecular formula is C13H8ClNO3S. The first-order valence-corrected chi connectivity index (χ1v) is 6.37. The lowest BCUT2D eigenvalue weighted by Gasteiger charge is -2.04. The monoisotopic (exact) mass is 293 g/mol. The van der Waals surface area contributed by atoms with E-state index in [2.05, 4.69) is 0 Å². The molecular weight excluding hydrogens is 286 g/mol. The molecule has 0 amide bonds. The second-order valence-electron chi connectivity index (χ2n) is 3.62. The van der Waals surface area contributed by atoms with Crippen LogP contribution in [0.1, 0.15) is 15.2 Å². The van der Waals surface area contributed by atoms with Gasteiger partial charge in [0.15, 0.2) is 0 Å². The normalized spacial score (nSPS) is 9.95. The fourth-order valence-electron chi connectivity index (χ4n) is 1.61. The number of carboxylic acids is 1. The maximum Gasteiger partial charge on any atom is 0.345 e. The molecule has 0 unspecified atom stereocenters. The smallest absolute Gasteiger partial charge is 0.345 e. The Hall–Kier alpha value is -2.03. The van der Waals surface area contributed by atoms with E-state index in [1.54, 1.807) is 18.2 Å². The molecule has 1 heterocycles. The van der Waals surface area contributed by atoms with Gasteiger partial charge >= 0.3 is 5.97 Å². The highest BCUT2D eigenvalue weighted by Crippen LogP contribution is 2.37. The van der Waals surface area contributed by atoms with Crippen molar-refractivity contribution in [2.75, 3.05) is 7.11 Å². The molecule has 4 nitrogen and oxygen atoms in total. The van der Waals surface area contributed by atoms with E-state index in [4.69, 9.17) is 26.7 Å². The molecule has 0 aliphatic heterocycles. The van der Waals surface area contributed by atoms with Gasteiger partial charge < -0.3 is 9.84 Å². The van der Waals surface area contributed by atoms with Crippen LogP contribution >= 0.6 is 22.9 Å². The maximum absolute atomic E-state index is 10.9.